The molecule has 1 atom stereocenters. The van der Waals surface area contributed by atoms with Gasteiger partial charge in [0.05, 0.1) is 19.0 Å². The summed E-state index contributed by atoms with van der Waals surface area (Å²) in [5, 5.41) is 13.5. The topological polar surface area (TPSA) is 105 Å². The molecule has 0 spiro atoms. The molecule has 0 saturated carbocycles. The number of Topliss-reactive ketones (excluding diaryl/α,β-unsaturated/α-hetero) is 1. The van der Waals surface area contributed by atoms with Gasteiger partial charge >= 0.3 is 5.97 Å². The van der Waals surface area contributed by atoms with Gasteiger partial charge in [-0.2, -0.15) is 5.10 Å². The Balaban J connectivity index is 1.88. The number of rotatable bonds is 5. The summed E-state index contributed by atoms with van der Waals surface area (Å²) in [6.45, 7) is 1.69. The molecular formula is C13H12N6O3S. The monoisotopic (exact) mass is 332 g/mol. The number of carbonyl (C=O) groups excluding carboxylic acids is 2. The van der Waals surface area contributed by atoms with Crippen molar-refractivity contribution >= 4 is 23.1 Å². The van der Waals surface area contributed by atoms with E-state index in [1.807, 2.05) is 0 Å². The zero-order chi connectivity index (χ0) is 16.4. The molecule has 0 saturated heterocycles. The van der Waals surface area contributed by atoms with E-state index >= 15 is 0 Å². The Morgan fingerprint density at radius 1 is 1.39 bits per heavy atom. The highest BCUT2D eigenvalue weighted by Gasteiger charge is 2.22. The minimum atomic E-state index is -0.551. The minimum absolute atomic E-state index is 0.176. The van der Waals surface area contributed by atoms with Gasteiger partial charge in [0.1, 0.15) is 23.6 Å². The van der Waals surface area contributed by atoms with Gasteiger partial charge in [-0.3, -0.25) is 4.79 Å². The molecule has 23 heavy (non-hydrogen) atoms. The molecule has 0 amide bonds. The molecule has 0 aromatic carbocycles. The lowest BCUT2D eigenvalue weighted by Crippen LogP contribution is -2.17. The van der Waals surface area contributed by atoms with E-state index in [0.717, 1.165) is 0 Å². The molecule has 0 aliphatic heterocycles. The van der Waals surface area contributed by atoms with E-state index in [1.54, 1.807) is 18.4 Å². The van der Waals surface area contributed by atoms with Crippen LogP contribution < -0.4 is 0 Å². The molecule has 3 rings (SSSR count). The van der Waals surface area contributed by atoms with Gasteiger partial charge in [0.2, 0.25) is 5.78 Å². The standard InChI is InChI=1S/C13H12N6O3S/c1-8(19-7-14-6-15-19)11(20)9-5-18(17-16-9)10-3-4-23-12(10)13(21)22-2/h3-8H,1-2H3. The van der Waals surface area contributed by atoms with Crippen LogP contribution in [0.2, 0.25) is 0 Å². The van der Waals surface area contributed by atoms with Crippen molar-refractivity contribution in [3.8, 4) is 5.69 Å². The van der Waals surface area contributed by atoms with Crippen molar-refractivity contribution in [2.45, 2.75) is 13.0 Å². The van der Waals surface area contributed by atoms with E-state index in [-0.39, 0.29) is 11.5 Å². The Bertz CT molecular complexity index is 838. The Labute approximate surface area is 134 Å². The Morgan fingerprint density at radius 2 is 2.22 bits per heavy atom. The summed E-state index contributed by atoms with van der Waals surface area (Å²) in [7, 11) is 1.31. The average Bonchev–Trinajstić information content (AvgIpc) is 3.32. The van der Waals surface area contributed by atoms with E-state index in [9.17, 15) is 9.59 Å². The minimum Gasteiger partial charge on any atom is -0.465 e. The van der Waals surface area contributed by atoms with Crippen LogP contribution in [0.1, 0.15) is 33.1 Å². The molecule has 0 fully saturated rings. The SMILES string of the molecule is COC(=O)c1sccc1-n1cc(C(=O)C(C)n2cncn2)nn1. The van der Waals surface area contributed by atoms with Gasteiger partial charge in [-0.25, -0.2) is 19.1 Å². The third-order valence-corrected chi connectivity index (χ3v) is 4.10. The molecule has 0 N–H and O–H groups in total. The third-order valence-electron chi connectivity index (χ3n) is 3.22. The Morgan fingerprint density at radius 3 is 2.91 bits per heavy atom. The largest absolute Gasteiger partial charge is 0.465 e. The number of hydrogen-bond donors (Lipinski definition) is 0. The third kappa shape index (κ3) is 2.75. The first-order chi connectivity index (χ1) is 11.1. The fraction of sp³-hybridized carbons (Fsp3) is 0.231. The molecule has 3 aromatic heterocycles. The molecule has 3 aromatic rings. The predicted octanol–water partition coefficient (Wildman–Crippen LogP) is 1.15. The summed E-state index contributed by atoms with van der Waals surface area (Å²) in [4.78, 5) is 28.3. The normalized spacial score (nSPS) is 12.1. The number of ether oxygens (including phenoxy) is 1. The molecular weight excluding hydrogens is 320 g/mol. The van der Waals surface area contributed by atoms with Crippen molar-refractivity contribution in [3.05, 3.63) is 40.9 Å². The molecule has 118 valence electrons. The molecule has 0 radical (unpaired) electrons. The van der Waals surface area contributed by atoms with Crippen LogP contribution in [-0.2, 0) is 4.74 Å². The highest BCUT2D eigenvalue weighted by Crippen LogP contribution is 2.22. The van der Waals surface area contributed by atoms with Crippen molar-refractivity contribution in [3.63, 3.8) is 0 Å². The quantitative estimate of drug-likeness (QED) is 0.510. The van der Waals surface area contributed by atoms with Crippen molar-refractivity contribution in [1.29, 1.82) is 0 Å². The number of carbonyl (C=O) groups is 2. The van der Waals surface area contributed by atoms with Gasteiger partial charge in [0, 0.05) is 0 Å². The van der Waals surface area contributed by atoms with Crippen LogP contribution in [0.25, 0.3) is 5.69 Å². The van der Waals surface area contributed by atoms with Gasteiger partial charge in [-0.15, -0.1) is 16.4 Å². The maximum Gasteiger partial charge on any atom is 0.350 e. The number of thiophene rings is 1. The van der Waals surface area contributed by atoms with E-state index in [4.69, 9.17) is 4.74 Å². The van der Waals surface area contributed by atoms with Crippen LogP contribution in [0.3, 0.4) is 0 Å². The second-order valence-electron chi connectivity index (χ2n) is 4.59. The number of aromatic nitrogens is 6. The van der Waals surface area contributed by atoms with Crippen LogP contribution in [-0.4, -0.2) is 48.6 Å². The highest BCUT2D eigenvalue weighted by molar-refractivity contribution is 7.12. The number of methoxy groups -OCH3 is 1. The number of hydrogen-bond acceptors (Lipinski definition) is 8. The predicted molar refractivity (Wildman–Crippen MR) is 79.6 cm³/mol. The van der Waals surface area contributed by atoms with Crippen LogP contribution in [0.4, 0.5) is 0 Å². The van der Waals surface area contributed by atoms with Gasteiger partial charge < -0.3 is 4.74 Å². The van der Waals surface area contributed by atoms with Crippen molar-refractivity contribution in [2.24, 2.45) is 0 Å². The molecule has 0 bridgehead atoms. The summed E-state index contributed by atoms with van der Waals surface area (Å²) in [6, 6.07) is 1.16. The molecule has 0 aliphatic carbocycles. The molecule has 0 aliphatic rings. The summed E-state index contributed by atoms with van der Waals surface area (Å²) in [5.41, 5.74) is 0.692. The van der Waals surface area contributed by atoms with E-state index in [1.165, 1.54) is 46.7 Å². The molecule has 9 nitrogen and oxygen atoms in total. The second-order valence-corrected chi connectivity index (χ2v) is 5.51. The summed E-state index contributed by atoms with van der Waals surface area (Å²) < 4.78 is 7.54. The van der Waals surface area contributed by atoms with Crippen LogP contribution in [0, 0.1) is 0 Å². The zero-order valence-corrected chi connectivity index (χ0v) is 13.1. The lowest BCUT2D eigenvalue weighted by Gasteiger charge is -2.07. The molecule has 1 unspecified atom stereocenters. The van der Waals surface area contributed by atoms with Gasteiger partial charge in [-0.1, -0.05) is 5.21 Å². The van der Waals surface area contributed by atoms with E-state index in [0.29, 0.717) is 10.6 Å². The first-order valence-electron chi connectivity index (χ1n) is 6.58. The fourth-order valence-electron chi connectivity index (χ4n) is 1.97. The van der Waals surface area contributed by atoms with Gasteiger partial charge in [-0.05, 0) is 18.4 Å². The first-order valence-corrected chi connectivity index (χ1v) is 7.46. The number of ketones is 1. The van der Waals surface area contributed by atoms with Crippen LogP contribution in [0.15, 0.2) is 30.3 Å². The summed E-state index contributed by atoms with van der Waals surface area (Å²) >= 11 is 1.23. The van der Waals surface area contributed by atoms with Crippen LogP contribution >= 0.6 is 11.3 Å². The Hall–Kier alpha value is -2.88. The van der Waals surface area contributed by atoms with Gasteiger partial charge in [0.15, 0.2) is 5.69 Å². The molecule has 3 heterocycles. The average molecular weight is 332 g/mol. The molecule has 10 heteroatoms. The van der Waals surface area contributed by atoms with E-state index < -0.39 is 12.0 Å². The zero-order valence-electron chi connectivity index (χ0n) is 12.3. The van der Waals surface area contributed by atoms with Crippen molar-refractivity contribution in [2.75, 3.05) is 7.11 Å². The smallest absolute Gasteiger partial charge is 0.350 e. The highest BCUT2D eigenvalue weighted by atomic mass is 32.1. The van der Waals surface area contributed by atoms with Crippen molar-refractivity contribution < 1.29 is 14.3 Å². The van der Waals surface area contributed by atoms with E-state index in [2.05, 4.69) is 20.4 Å². The fourth-order valence-corrected chi connectivity index (χ4v) is 2.77. The summed E-state index contributed by atoms with van der Waals surface area (Å²) in [5.74, 6) is -0.717. The second kappa shape index (κ2) is 6.08. The van der Waals surface area contributed by atoms with Crippen LogP contribution in [0.5, 0.6) is 0 Å². The number of esters is 1. The van der Waals surface area contributed by atoms with Crippen molar-refractivity contribution in [1.82, 2.24) is 29.8 Å². The maximum absolute atomic E-state index is 12.4. The lowest BCUT2D eigenvalue weighted by molar-refractivity contribution is 0.0606. The number of nitrogens with zero attached hydrogens (tertiary/aromatic N) is 6. The lowest BCUT2D eigenvalue weighted by atomic mass is 10.2. The first kappa shape index (κ1) is 15.0. The maximum atomic E-state index is 12.4. The summed E-state index contributed by atoms with van der Waals surface area (Å²) in [6.07, 6.45) is 4.29. The Kier molecular flexibility index (Phi) is 3.98. The van der Waals surface area contributed by atoms with Gasteiger partial charge in [0.25, 0.3) is 0 Å².